The fraction of sp³-hybridized carbons (Fsp3) is 0.381. The average Bonchev–Trinajstić information content (AvgIpc) is 2.61. The molecule has 7 heteroatoms. The molecule has 0 unspecified atom stereocenters. The molecule has 0 atom stereocenters. The summed E-state index contributed by atoms with van der Waals surface area (Å²) in [6.45, 7) is 6.31. The molecule has 1 aromatic carbocycles. The van der Waals surface area contributed by atoms with E-state index in [1.165, 1.54) is 6.92 Å². The Morgan fingerprint density at radius 2 is 2.00 bits per heavy atom. The number of hydrogen-bond donors (Lipinski definition) is 1. The lowest BCUT2D eigenvalue weighted by Gasteiger charge is -2.30. The minimum atomic E-state index is -0.182. The van der Waals surface area contributed by atoms with Crippen molar-refractivity contribution in [2.45, 2.75) is 40.3 Å². The van der Waals surface area contributed by atoms with Gasteiger partial charge < -0.3 is 14.8 Å². The Bertz CT molecular complexity index is 1010. The molecule has 1 N–H and O–H groups in total. The highest BCUT2D eigenvalue weighted by atomic mass is 35.5. The highest BCUT2D eigenvalue weighted by Gasteiger charge is 2.29. The molecule has 2 heterocycles. The number of aryl methyl sites for hydroxylation is 2. The number of hydrogen-bond acceptors (Lipinski definition) is 3. The minimum Gasteiger partial charge on any atom is -0.342 e. The van der Waals surface area contributed by atoms with E-state index in [4.69, 9.17) is 11.6 Å². The third kappa shape index (κ3) is 3.83. The van der Waals surface area contributed by atoms with Crippen LogP contribution in [0.4, 0.5) is 0 Å². The first kappa shape index (κ1) is 20.1. The molecule has 3 rings (SSSR count). The Kier molecular flexibility index (Phi) is 5.61. The molecule has 0 aliphatic carbocycles. The zero-order valence-electron chi connectivity index (χ0n) is 16.6. The molecule has 2 aromatic rings. The van der Waals surface area contributed by atoms with E-state index >= 15 is 0 Å². The van der Waals surface area contributed by atoms with Gasteiger partial charge in [-0.15, -0.1) is 0 Å². The molecule has 0 bridgehead atoms. The van der Waals surface area contributed by atoms with Crippen LogP contribution in [-0.2, 0) is 24.3 Å². The molecule has 1 aromatic heterocycles. The van der Waals surface area contributed by atoms with Gasteiger partial charge in [-0.05, 0) is 43.0 Å². The van der Waals surface area contributed by atoms with Crippen molar-refractivity contribution in [1.29, 1.82) is 0 Å². The molecule has 148 valence electrons. The number of rotatable bonds is 4. The smallest absolute Gasteiger partial charge is 0.255 e. The van der Waals surface area contributed by atoms with Crippen LogP contribution < -0.4 is 5.56 Å². The number of carbonyl (C=O) groups is 2. The fourth-order valence-corrected chi connectivity index (χ4v) is 3.85. The predicted molar refractivity (Wildman–Crippen MR) is 109 cm³/mol. The van der Waals surface area contributed by atoms with Gasteiger partial charge in [0.05, 0.1) is 17.1 Å². The number of carbonyl (C=O) groups excluding carboxylic acids is 2. The van der Waals surface area contributed by atoms with Gasteiger partial charge in [0.2, 0.25) is 5.91 Å². The lowest BCUT2D eigenvalue weighted by Crippen LogP contribution is -2.39. The van der Waals surface area contributed by atoms with Crippen LogP contribution in [0, 0.1) is 13.8 Å². The van der Waals surface area contributed by atoms with E-state index in [0.29, 0.717) is 35.7 Å². The van der Waals surface area contributed by atoms with Crippen molar-refractivity contribution in [2.24, 2.45) is 0 Å². The quantitative estimate of drug-likeness (QED) is 0.856. The maximum absolute atomic E-state index is 13.2. The molecule has 0 radical (unpaired) electrons. The normalized spacial score (nSPS) is 13.5. The van der Waals surface area contributed by atoms with E-state index in [1.54, 1.807) is 16.8 Å². The summed E-state index contributed by atoms with van der Waals surface area (Å²) in [4.78, 5) is 43.0. The standard InChI is InChI=1S/C21H24ClN3O3/c1-12-9-13(2)23-20(27)17(12)11-25-8-7-15-5-6-16(10-24(4)14(3)26)19(22)18(15)21(25)28/h5-6,9H,7-8,10-11H2,1-4H3,(H,23,27). The van der Waals surface area contributed by atoms with Gasteiger partial charge >= 0.3 is 0 Å². The third-order valence-electron chi connectivity index (χ3n) is 5.25. The van der Waals surface area contributed by atoms with Crippen LogP contribution in [0.2, 0.25) is 5.02 Å². The van der Waals surface area contributed by atoms with E-state index < -0.39 is 0 Å². The fourth-order valence-electron chi connectivity index (χ4n) is 3.52. The molecule has 1 aliphatic heterocycles. The van der Waals surface area contributed by atoms with Crippen molar-refractivity contribution < 1.29 is 9.59 Å². The summed E-state index contributed by atoms with van der Waals surface area (Å²) in [6.07, 6.45) is 0.673. The number of halogens is 1. The Morgan fingerprint density at radius 1 is 1.29 bits per heavy atom. The number of H-pyrrole nitrogens is 1. The number of pyridine rings is 1. The van der Waals surface area contributed by atoms with Crippen molar-refractivity contribution in [3.8, 4) is 0 Å². The van der Waals surface area contributed by atoms with Crippen molar-refractivity contribution in [3.63, 3.8) is 0 Å². The number of aromatic amines is 1. The van der Waals surface area contributed by atoms with Gasteiger partial charge in [0.1, 0.15) is 0 Å². The molecular formula is C21H24ClN3O3. The number of fused-ring (bicyclic) bond motifs is 1. The summed E-state index contributed by atoms with van der Waals surface area (Å²) >= 11 is 6.57. The summed E-state index contributed by atoms with van der Waals surface area (Å²) in [5, 5.41) is 0.384. The van der Waals surface area contributed by atoms with Gasteiger partial charge in [-0.3, -0.25) is 14.4 Å². The highest BCUT2D eigenvalue weighted by Crippen LogP contribution is 2.31. The first-order valence-corrected chi connectivity index (χ1v) is 9.57. The lowest BCUT2D eigenvalue weighted by molar-refractivity contribution is -0.128. The van der Waals surface area contributed by atoms with Crippen LogP contribution in [0.15, 0.2) is 23.0 Å². The Labute approximate surface area is 169 Å². The van der Waals surface area contributed by atoms with E-state index in [9.17, 15) is 14.4 Å². The van der Waals surface area contributed by atoms with Gasteiger partial charge in [0.25, 0.3) is 11.5 Å². The van der Waals surface area contributed by atoms with Crippen LogP contribution in [0.5, 0.6) is 0 Å². The van der Waals surface area contributed by atoms with Crippen LogP contribution in [0.3, 0.4) is 0 Å². The van der Waals surface area contributed by atoms with E-state index in [-0.39, 0.29) is 23.9 Å². The van der Waals surface area contributed by atoms with Crippen molar-refractivity contribution in [2.75, 3.05) is 13.6 Å². The molecule has 1 aliphatic rings. The van der Waals surface area contributed by atoms with Crippen molar-refractivity contribution in [1.82, 2.24) is 14.8 Å². The zero-order valence-corrected chi connectivity index (χ0v) is 17.3. The maximum atomic E-state index is 13.2. The molecule has 6 nitrogen and oxygen atoms in total. The van der Waals surface area contributed by atoms with Crippen molar-refractivity contribution >= 4 is 23.4 Å². The lowest BCUT2D eigenvalue weighted by atomic mass is 9.95. The van der Waals surface area contributed by atoms with Crippen LogP contribution in [-0.4, -0.2) is 40.2 Å². The van der Waals surface area contributed by atoms with Crippen LogP contribution in [0.25, 0.3) is 0 Å². The second-order valence-electron chi connectivity index (χ2n) is 7.37. The van der Waals surface area contributed by atoms with Crippen molar-refractivity contribution in [3.05, 3.63) is 67.1 Å². The number of benzene rings is 1. The molecule has 0 saturated heterocycles. The number of nitrogens with zero attached hydrogens (tertiary/aromatic N) is 2. The highest BCUT2D eigenvalue weighted by molar-refractivity contribution is 6.35. The Balaban J connectivity index is 1.92. The molecule has 28 heavy (non-hydrogen) atoms. The maximum Gasteiger partial charge on any atom is 0.255 e. The number of nitrogens with one attached hydrogen (secondary N) is 1. The van der Waals surface area contributed by atoms with E-state index in [2.05, 4.69) is 4.98 Å². The molecule has 0 saturated carbocycles. The monoisotopic (exact) mass is 401 g/mol. The van der Waals surface area contributed by atoms with E-state index in [1.807, 2.05) is 32.0 Å². The summed E-state index contributed by atoms with van der Waals surface area (Å²) in [6, 6.07) is 5.68. The summed E-state index contributed by atoms with van der Waals surface area (Å²) in [5.74, 6) is -0.256. The summed E-state index contributed by atoms with van der Waals surface area (Å²) in [7, 11) is 1.69. The first-order valence-electron chi connectivity index (χ1n) is 9.19. The number of amides is 2. The third-order valence-corrected chi connectivity index (χ3v) is 5.68. The second-order valence-corrected chi connectivity index (χ2v) is 7.75. The largest absolute Gasteiger partial charge is 0.342 e. The average molecular weight is 402 g/mol. The summed E-state index contributed by atoms with van der Waals surface area (Å²) in [5.41, 5.74) is 4.19. The van der Waals surface area contributed by atoms with Gasteiger partial charge in [-0.25, -0.2) is 0 Å². The van der Waals surface area contributed by atoms with Gasteiger partial charge in [-0.2, -0.15) is 0 Å². The molecule has 0 spiro atoms. The summed E-state index contributed by atoms with van der Waals surface area (Å²) < 4.78 is 0. The van der Waals surface area contributed by atoms with Crippen LogP contribution in [0.1, 0.15) is 45.2 Å². The Morgan fingerprint density at radius 3 is 2.64 bits per heavy atom. The van der Waals surface area contributed by atoms with Gasteiger partial charge in [-0.1, -0.05) is 23.7 Å². The number of aromatic nitrogens is 1. The second kappa shape index (κ2) is 7.80. The molecule has 2 amide bonds. The minimum absolute atomic E-state index is 0.0733. The molecule has 0 fully saturated rings. The SMILES string of the molecule is CC(=O)N(C)Cc1ccc2c(c1Cl)C(=O)N(Cc1c(C)cc(C)[nH]c1=O)CC2. The molecular weight excluding hydrogens is 378 g/mol. The predicted octanol–water partition coefficient (Wildman–Crippen LogP) is 2.82. The van der Waals surface area contributed by atoms with Gasteiger partial charge in [0, 0.05) is 38.3 Å². The van der Waals surface area contributed by atoms with Gasteiger partial charge in [0.15, 0.2) is 0 Å². The topological polar surface area (TPSA) is 73.5 Å². The first-order chi connectivity index (χ1) is 13.2. The zero-order chi connectivity index (χ0) is 20.6. The van der Waals surface area contributed by atoms with E-state index in [0.717, 1.165) is 22.4 Å². The Hall–Kier alpha value is -2.60. The van der Waals surface area contributed by atoms with Crippen LogP contribution >= 0.6 is 11.6 Å².